The highest BCUT2D eigenvalue weighted by atomic mass is 16.5. The third-order valence-electron chi connectivity index (χ3n) is 6.16. The van der Waals surface area contributed by atoms with Crippen LogP contribution in [-0.2, 0) is 4.74 Å². The van der Waals surface area contributed by atoms with Gasteiger partial charge in [-0.1, -0.05) is 0 Å². The number of ether oxygens (including phenoxy) is 1. The minimum Gasteiger partial charge on any atom is -0.378 e. The molecule has 4 aromatic rings. The second-order valence-electron chi connectivity index (χ2n) is 8.67. The first-order valence-corrected chi connectivity index (χ1v) is 12.1. The first-order valence-electron chi connectivity index (χ1n) is 12.1. The van der Waals surface area contributed by atoms with Crippen molar-refractivity contribution in [1.29, 1.82) is 0 Å². The number of hydrogen-bond donors (Lipinski definition) is 2. The van der Waals surface area contributed by atoms with Gasteiger partial charge in [0, 0.05) is 46.8 Å². The number of nitrogens with one attached hydrogen (secondary N) is 2. The monoisotopic (exact) mass is 507 g/mol. The summed E-state index contributed by atoms with van der Waals surface area (Å²) in [6.07, 6.45) is 2.82. The molecule has 9 heteroatoms. The van der Waals surface area contributed by atoms with E-state index in [0.717, 1.165) is 18.8 Å². The Balaban J connectivity index is 1.17. The van der Waals surface area contributed by atoms with Gasteiger partial charge in [0.25, 0.3) is 11.8 Å². The molecule has 5 rings (SSSR count). The van der Waals surface area contributed by atoms with Crippen LogP contribution in [-0.4, -0.2) is 54.1 Å². The Kier molecular flexibility index (Phi) is 7.47. The van der Waals surface area contributed by atoms with E-state index in [4.69, 9.17) is 4.74 Å². The van der Waals surface area contributed by atoms with Gasteiger partial charge in [0.1, 0.15) is 0 Å². The molecule has 1 saturated heterocycles. The second-order valence-corrected chi connectivity index (χ2v) is 8.67. The number of benzene rings is 3. The standard InChI is InChI=1S/C29H25N5O4/c35-27(21-3-9-25(10-4-21)33-29(37)23-13-14-30-31-19-23)20-1-7-24(8-2-20)32-28(36)22-5-11-26(12-6-22)34-15-17-38-18-16-34/h1-14,19H,15-18H2,(H,32,36)(H,33,37). The molecule has 2 heterocycles. The van der Waals surface area contributed by atoms with Crippen molar-refractivity contribution >= 4 is 34.7 Å². The van der Waals surface area contributed by atoms with Crippen molar-refractivity contribution < 1.29 is 19.1 Å². The minimum absolute atomic E-state index is 0.169. The molecule has 0 radical (unpaired) electrons. The summed E-state index contributed by atoms with van der Waals surface area (Å²) < 4.78 is 5.38. The van der Waals surface area contributed by atoms with Crippen molar-refractivity contribution in [2.75, 3.05) is 41.8 Å². The number of carbonyl (C=O) groups is 3. The quantitative estimate of drug-likeness (QED) is 0.363. The maximum Gasteiger partial charge on any atom is 0.257 e. The molecule has 2 N–H and O–H groups in total. The zero-order valence-corrected chi connectivity index (χ0v) is 20.5. The summed E-state index contributed by atoms with van der Waals surface area (Å²) >= 11 is 0. The minimum atomic E-state index is -0.315. The maximum atomic E-state index is 12.9. The van der Waals surface area contributed by atoms with Crippen LogP contribution in [0.25, 0.3) is 0 Å². The number of amides is 2. The van der Waals surface area contributed by atoms with Crippen LogP contribution in [0.4, 0.5) is 17.1 Å². The lowest BCUT2D eigenvalue weighted by atomic mass is 10.0. The zero-order valence-electron chi connectivity index (χ0n) is 20.5. The lowest BCUT2D eigenvalue weighted by Gasteiger charge is -2.28. The second kappa shape index (κ2) is 11.4. The van der Waals surface area contributed by atoms with Crippen LogP contribution in [0.3, 0.4) is 0 Å². The van der Waals surface area contributed by atoms with Gasteiger partial charge in [0.15, 0.2) is 5.78 Å². The van der Waals surface area contributed by atoms with Gasteiger partial charge in [-0.2, -0.15) is 10.2 Å². The molecule has 0 saturated carbocycles. The van der Waals surface area contributed by atoms with Crippen molar-refractivity contribution in [2.45, 2.75) is 0 Å². The van der Waals surface area contributed by atoms with Crippen LogP contribution in [0, 0.1) is 0 Å². The summed E-state index contributed by atoms with van der Waals surface area (Å²) in [7, 11) is 0. The molecule has 3 aromatic carbocycles. The van der Waals surface area contributed by atoms with Gasteiger partial charge < -0.3 is 20.3 Å². The van der Waals surface area contributed by atoms with Crippen molar-refractivity contribution in [2.24, 2.45) is 0 Å². The Hall–Kier alpha value is -4.89. The van der Waals surface area contributed by atoms with Crippen LogP contribution < -0.4 is 15.5 Å². The summed E-state index contributed by atoms with van der Waals surface area (Å²) in [6, 6.07) is 22.4. The Morgan fingerprint density at radius 2 is 1.16 bits per heavy atom. The van der Waals surface area contributed by atoms with Crippen molar-refractivity contribution in [3.05, 3.63) is 114 Å². The highest BCUT2D eigenvalue weighted by molar-refractivity contribution is 6.10. The average Bonchev–Trinajstić information content (AvgIpc) is 2.98. The molecule has 9 nitrogen and oxygen atoms in total. The van der Waals surface area contributed by atoms with Gasteiger partial charge >= 0.3 is 0 Å². The van der Waals surface area contributed by atoms with E-state index in [1.54, 1.807) is 66.7 Å². The Morgan fingerprint density at radius 1 is 0.632 bits per heavy atom. The number of carbonyl (C=O) groups excluding carboxylic acids is 3. The summed E-state index contributed by atoms with van der Waals surface area (Å²) in [5.41, 5.74) is 4.11. The highest BCUT2D eigenvalue weighted by Gasteiger charge is 2.14. The topological polar surface area (TPSA) is 114 Å². The molecule has 2 amide bonds. The van der Waals surface area contributed by atoms with E-state index < -0.39 is 0 Å². The number of aromatic nitrogens is 2. The summed E-state index contributed by atoms with van der Waals surface area (Å²) in [6.45, 7) is 3.08. The van der Waals surface area contributed by atoms with Crippen LogP contribution in [0.15, 0.2) is 91.3 Å². The molecule has 1 aliphatic rings. The molecular formula is C29H25N5O4. The number of morpholine rings is 1. The molecular weight excluding hydrogens is 482 g/mol. The van der Waals surface area contributed by atoms with Gasteiger partial charge in [-0.15, -0.1) is 0 Å². The molecule has 0 atom stereocenters. The fraction of sp³-hybridized carbons (Fsp3) is 0.138. The maximum absolute atomic E-state index is 12.9. The Morgan fingerprint density at radius 3 is 1.68 bits per heavy atom. The molecule has 1 fully saturated rings. The summed E-state index contributed by atoms with van der Waals surface area (Å²) in [5.74, 6) is -0.708. The van der Waals surface area contributed by atoms with Crippen LogP contribution >= 0.6 is 0 Å². The number of anilines is 3. The molecule has 0 spiro atoms. The molecule has 0 bridgehead atoms. The third kappa shape index (κ3) is 5.91. The number of ketones is 1. The third-order valence-corrected chi connectivity index (χ3v) is 6.16. The molecule has 0 aliphatic carbocycles. The van der Waals surface area contributed by atoms with Gasteiger partial charge in [-0.05, 0) is 78.9 Å². The van der Waals surface area contributed by atoms with E-state index in [0.29, 0.717) is 46.8 Å². The summed E-state index contributed by atoms with van der Waals surface area (Å²) in [5, 5.41) is 13.0. The Labute approximate surface area is 219 Å². The predicted molar refractivity (Wildman–Crippen MR) is 144 cm³/mol. The van der Waals surface area contributed by atoms with Gasteiger partial charge in [-0.25, -0.2) is 0 Å². The largest absolute Gasteiger partial charge is 0.378 e. The lowest BCUT2D eigenvalue weighted by molar-refractivity contribution is 0.101. The van der Waals surface area contributed by atoms with E-state index in [1.165, 1.54) is 12.4 Å². The van der Waals surface area contributed by atoms with Crippen LogP contribution in [0.1, 0.15) is 36.6 Å². The number of nitrogens with zero attached hydrogens (tertiary/aromatic N) is 3. The van der Waals surface area contributed by atoms with Gasteiger partial charge in [0.05, 0.1) is 31.2 Å². The summed E-state index contributed by atoms with van der Waals surface area (Å²) in [4.78, 5) is 40.1. The van der Waals surface area contributed by atoms with Crippen molar-refractivity contribution in [1.82, 2.24) is 10.2 Å². The van der Waals surface area contributed by atoms with Crippen molar-refractivity contribution in [3.63, 3.8) is 0 Å². The fourth-order valence-electron chi connectivity index (χ4n) is 4.05. The van der Waals surface area contributed by atoms with E-state index in [-0.39, 0.29) is 17.6 Å². The fourth-order valence-corrected chi connectivity index (χ4v) is 4.05. The first kappa shape index (κ1) is 24.8. The van der Waals surface area contributed by atoms with E-state index in [1.807, 2.05) is 12.1 Å². The van der Waals surface area contributed by atoms with E-state index in [9.17, 15) is 14.4 Å². The molecule has 190 valence electrons. The molecule has 0 unspecified atom stereocenters. The normalized spacial score (nSPS) is 13.0. The molecule has 1 aliphatic heterocycles. The first-order chi connectivity index (χ1) is 18.6. The lowest BCUT2D eigenvalue weighted by Crippen LogP contribution is -2.36. The predicted octanol–water partition coefficient (Wildman–Crippen LogP) is 4.05. The van der Waals surface area contributed by atoms with Crippen LogP contribution in [0.2, 0.25) is 0 Å². The highest BCUT2D eigenvalue weighted by Crippen LogP contribution is 2.19. The number of rotatable bonds is 7. The molecule has 38 heavy (non-hydrogen) atoms. The molecule has 1 aromatic heterocycles. The SMILES string of the molecule is O=C(Nc1ccc(C(=O)c2ccc(NC(=O)c3ccnnc3)cc2)cc1)c1ccc(N2CCOCC2)cc1. The smallest absolute Gasteiger partial charge is 0.257 e. The van der Waals surface area contributed by atoms with Crippen LogP contribution in [0.5, 0.6) is 0 Å². The zero-order chi connectivity index (χ0) is 26.3. The van der Waals surface area contributed by atoms with Gasteiger partial charge in [-0.3, -0.25) is 14.4 Å². The number of hydrogen-bond acceptors (Lipinski definition) is 7. The van der Waals surface area contributed by atoms with Crippen molar-refractivity contribution in [3.8, 4) is 0 Å². The van der Waals surface area contributed by atoms with Gasteiger partial charge in [0.2, 0.25) is 0 Å². The average molecular weight is 508 g/mol. The van der Waals surface area contributed by atoms with E-state index in [2.05, 4.69) is 25.7 Å². The van der Waals surface area contributed by atoms with E-state index >= 15 is 0 Å². The Bertz CT molecular complexity index is 1420.